The third-order valence-corrected chi connectivity index (χ3v) is 3.33. The van der Waals surface area contributed by atoms with Crippen molar-refractivity contribution in [3.05, 3.63) is 51.6 Å². The van der Waals surface area contributed by atoms with Crippen LogP contribution in [0.2, 0.25) is 5.02 Å². The zero-order valence-electron chi connectivity index (χ0n) is 9.78. The minimum atomic E-state index is 0.0865. The van der Waals surface area contributed by atoms with Gasteiger partial charge in [0.2, 0.25) is 0 Å². The zero-order chi connectivity index (χ0) is 13.1. The number of halogens is 2. The predicted octanol–water partition coefficient (Wildman–Crippen LogP) is 4.76. The SMILES string of the molecule is CCC(=O)c1ccc(Cl)cc1-c1cc(Br)ccn1. The minimum absolute atomic E-state index is 0.0865. The Morgan fingerprint density at radius 3 is 2.78 bits per heavy atom. The summed E-state index contributed by atoms with van der Waals surface area (Å²) >= 11 is 9.40. The summed E-state index contributed by atoms with van der Waals surface area (Å²) < 4.78 is 0.919. The lowest BCUT2D eigenvalue weighted by atomic mass is 9.99. The first-order valence-corrected chi connectivity index (χ1v) is 6.73. The molecule has 0 amide bonds. The fourth-order valence-electron chi connectivity index (χ4n) is 1.71. The lowest BCUT2D eigenvalue weighted by molar-refractivity contribution is 0.0989. The van der Waals surface area contributed by atoms with Gasteiger partial charge in [-0.2, -0.15) is 0 Å². The number of carbonyl (C=O) groups excluding carboxylic acids is 1. The molecule has 0 aliphatic carbocycles. The molecule has 2 nitrogen and oxygen atoms in total. The van der Waals surface area contributed by atoms with Crippen LogP contribution in [0.1, 0.15) is 23.7 Å². The summed E-state index contributed by atoms with van der Waals surface area (Å²) in [7, 11) is 0. The molecule has 0 saturated heterocycles. The Kier molecular flexibility index (Phi) is 4.15. The normalized spacial score (nSPS) is 10.4. The topological polar surface area (TPSA) is 30.0 Å². The summed E-state index contributed by atoms with van der Waals surface area (Å²) in [4.78, 5) is 16.2. The van der Waals surface area contributed by atoms with Crippen molar-refractivity contribution in [3.63, 3.8) is 0 Å². The lowest BCUT2D eigenvalue weighted by Gasteiger charge is -2.08. The molecule has 2 rings (SSSR count). The van der Waals surface area contributed by atoms with Gasteiger partial charge in [0.1, 0.15) is 0 Å². The lowest BCUT2D eigenvalue weighted by Crippen LogP contribution is -2.00. The van der Waals surface area contributed by atoms with Gasteiger partial charge in [-0.25, -0.2) is 0 Å². The fraction of sp³-hybridized carbons (Fsp3) is 0.143. The molecule has 0 N–H and O–H groups in total. The van der Waals surface area contributed by atoms with Crippen molar-refractivity contribution in [1.82, 2.24) is 4.98 Å². The van der Waals surface area contributed by atoms with Crippen LogP contribution >= 0.6 is 27.5 Å². The highest BCUT2D eigenvalue weighted by Crippen LogP contribution is 2.28. The molecular weight excluding hydrogens is 314 g/mol. The molecule has 0 fully saturated rings. The average Bonchev–Trinajstić information content (AvgIpc) is 2.38. The molecular formula is C14H11BrClNO. The molecule has 2 aromatic rings. The van der Waals surface area contributed by atoms with Crippen LogP contribution in [0.4, 0.5) is 0 Å². The third kappa shape index (κ3) is 2.79. The molecule has 0 aliphatic heterocycles. The van der Waals surface area contributed by atoms with Crippen molar-refractivity contribution in [2.24, 2.45) is 0 Å². The molecule has 0 radical (unpaired) electrons. The summed E-state index contributed by atoms with van der Waals surface area (Å²) in [6, 6.07) is 8.98. The molecule has 1 heterocycles. The molecule has 0 saturated carbocycles. The Balaban J connectivity index is 2.61. The molecule has 92 valence electrons. The number of pyridine rings is 1. The first kappa shape index (κ1) is 13.2. The maximum atomic E-state index is 11.9. The Labute approximate surface area is 119 Å². The molecule has 4 heteroatoms. The molecule has 1 aromatic carbocycles. The molecule has 18 heavy (non-hydrogen) atoms. The largest absolute Gasteiger partial charge is 0.294 e. The molecule has 0 atom stereocenters. The number of ketones is 1. The van der Waals surface area contributed by atoms with Crippen LogP contribution in [0.15, 0.2) is 41.0 Å². The molecule has 0 aliphatic rings. The quantitative estimate of drug-likeness (QED) is 0.762. The first-order valence-electron chi connectivity index (χ1n) is 5.56. The van der Waals surface area contributed by atoms with Crippen molar-refractivity contribution in [1.29, 1.82) is 0 Å². The Bertz CT molecular complexity index is 598. The summed E-state index contributed by atoms with van der Waals surface area (Å²) in [5, 5.41) is 0.597. The number of hydrogen-bond donors (Lipinski definition) is 0. The number of carbonyl (C=O) groups is 1. The highest BCUT2D eigenvalue weighted by atomic mass is 79.9. The number of rotatable bonds is 3. The van der Waals surface area contributed by atoms with Crippen LogP contribution in [0.25, 0.3) is 11.3 Å². The number of Topliss-reactive ketones (excluding diaryl/α,β-unsaturated/α-hetero) is 1. The van der Waals surface area contributed by atoms with Gasteiger partial charge in [0, 0.05) is 33.2 Å². The van der Waals surface area contributed by atoms with Crippen molar-refractivity contribution in [2.75, 3.05) is 0 Å². The highest BCUT2D eigenvalue weighted by Gasteiger charge is 2.13. The van der Waals surface area contributed by atoms with E-state index >= 15 is 0 Å². The predicted molar refractivity (Wildman–Crippen MR) is 77.0 cm³/mol. The average molecular weight is 325 g/mol. The maximum absolute atomic E-state index is 11.9. The smallest absolute Gasteiger partial charge is 0.163 e. The summed E-state index contributed by atoms with van der Waals surface area (Å²) in [6.07, 6.45) is 2.16. The summed E-state index contributed by atoms with van der Waals surface area (Å²) in [5.41, 5.74) is 2.17. The number of aromatic nitrogens is 1. The van der Waals surface area contributed by atoms with Crippen LogP contribution in [0.3, 0.4) is 0 Å². The van der Waals surface area contributed by atoms with E-state index in [0.717, 1.165) is 15.7 Å². The van der Waals surface area contributed by atoms with Crippen LogP contribution < -0.4 is 0 Å². The highest BCUT2D eigenvalue weighted by molar-refractivity contribution is 9.10. The van der Waals surface area contributed by atoms with Crippen molar-refractivity contribution < 1.29 is 4.79 Å². The van der Waals surface area contributed by atoms with E-state index < -0.39 is 0 Å². The van der Waals surface area contributed by atoms with E-state index in [1.807, 2.05) is 19.1 Å². The van der Waals surface area contributed by atoms with Gasteiger partial charge in [0.15, 0.2) is 5.78 Å². The Morgan fingerprint density at radius 2 is 2.11 bits per heavy atom. The maximum Gasteiger partial charge on any atom is 0.163 e. The number of nitrogens with zero attached hydrogens (tertiary/aromatic N) is 1. The van der Waals surface area contributed by atoms with Gasteiger partial charge in [-0.1, -0.05) is 34.5 Å². The van der Waals surface area contributed by atoms with Gasteiger partial charge in [-0.3, -0.25) is 9.78 Å². The first-order chi connectivity index (χ1) is 8.61. The second-order valence-electron chi connectivity index (χ2n) is 3.83. The molecule has 1 aromatic heterocycles. The summed E-state index contributed by atoms with van der Waals surface area (Å²) in [5.74, 6) is 0.0865. The zero-order valence-corrected chi connectivity index (χ0v) is 12.1. The van der Waals surface area contributed by atoms with Gasteiger partial charge >= 0.3 is 0 Å². The van der Waals surface area contributed by atoms with E-state index in [1.54, 1.807) is 24.4 Å². The van der Waals surface area contributed by atoms with Crippen LogP contribution in [0.5, 0.6) is 0 Å². The summed E-state index contributed by atoms with van der Waals surface area (Å²) in [6.45, 7) is 1.84. The third-order valence-electron chi connectivity index (χ3n) is 2.60. The molecule has 0 unspecified atom stereocenters. The standard InChI is InChI=1S/C14H11BrClNO/c1-2-14(18)11-4-3-10(16)8-12(11)13-7-9(15)5-6-17-13/h3-8H,2H2,1H3. The second-order valence-corrected chi connectivity index (χ2v) is 5.18. The van der Waals surface area contributed by atoms with Gasteiger partial charge in [-0.05, 0) is 30.3 Å². The van der Waals surface area contributed by atoms with E-state index in [2.05, 4.69) is 20.9 Å². The van der Waals surface area contributed by atoms with E-state index in [4.69, 9.17) is 11.6 Å². The second kappa shape index (κ2) is 5.63. The van der Waals surface area contributed by atoms with Crippen LogP contribution in [-0.4, -0.2) is 10.8 Å². The van der Waals surface area contributed by atoms with Gasteiger partial charge < -0.3 is 0 Å². The number of benzene rings is 1. The van der Waals surface area contributed by atoms with Crippen molar-refractivity contribution in [2.45, 2.75) is 13.3 Å². The Morgan fingerprint density at radius 1 is 1.33 bits per heavy atom. The van der Waals surface area contributed by atoms with Crippen molar-refractivity contribution >= 4 is 33.3 Å². The van der Waals surface area contributed by atoms with Gasteiger partial charge in [0.05, 0.1) is 5.69 Å². The van der Waals surface area contributed by atoms with Crippen molar-refractivity contribution in [3.8, 4) is 11.3 Å². The van der Waals surface area contributed by atoms with Gasteiger partial charge in [-0.15, -0.1) is 0 Å². The van der Waals surface area contributed by atoms with E-state index in [1.165, 1.54) is 0 Å². The van der Waals surface area contributed by atoms with E-state index in [9.17, 15) is 4.79 Å². The Hall–Kier alpha value is -1.19. The molecule has 0 spiro atoms. The van der Waals surface area contributed by atoms with Crippen LogP contribution in [0, 0.1) is 0 Å². The van der Waals surface area contributed by atoms with Crippen LogP contribution in [-0.2, 0) is 0 Å². The molecule has 0 bridgehead atoms. The monoisotopic (exact) mass is 323 g/mol. The van der Waals surface area contributed by atoms with E-state index in [0.29, 0.717) is 17.0 Å². The van der Waals surface area contributed by atoms with Gasteiger partial charge in [0.25, 0.3) is 0 Å². The fourth-order valence-corrected chi connectivity index (χ4v) is 2.22. The van der Waals surface area contributed by atoms with E-state index in [-0.39, 0.29) is 5.78 Å². The number of hydrogen-bond acceptors (Lipinski definition) is 2. The minimum Gasteiger partial charge on any atom is -0.294 e.